The number of carbonyl (C=O) groups is 3. The number of aliphatic imine (C=N–C) groups is 1. The lowest BCUT2D eigenvalue weighted by atomic mass is 9.81. The maximum Gasteiger partial charge on any atom is 0.263 e. The fraction of sp³-hybridized carbons (Fsp3) is 0.528. The Bertz CT molecular complexity index is 1780. The van der Waals surface area contributed by atoms with Gasteiger partial charge in [-0.1, -0.05) is 56.1 Å². The molecule has 1 saturated carbocycles. The van der Waals surface area contributed by atoms with Gasteiger partial charge in [0.25, 0.3) is 5.91 Å². The zero-order valence-electron chi connectivity index (χ0n) is 28.4. The van der Waals surface area contributed by atoms with E-state index in [1.807, 2.05) is 41.5 Å². The molecule has 49 heavy (non-hydrogen) atoms. The van der Waals surface area contributed by atoms with E-state index in [2.05, 4.69) is 16.8 Å². The molecule has 5 heterocycles. The normalized spacial score (nSPS) is 27.4. The van der Waals surface area contributed by atoms with E-state index in [-0.39, 0.29) is 40.2 Å². The van der Waals surface area contributed by atoms with E-state index >= 15 is 4.39 Å². The Kier molecular flexibility index (Phi) is 8.80. The second-order valence-corrected chi connectivity index (χ2v) is 16.1. The number of amides is 3. The average molecular weight is 728 g/mol. The molecule has 0 unspecified atom stereocenters. The molecule has 1 aliphatic carbocycles. The third-order valence-corrected chi connectivity index (χ3v) is 12.6. The fourth-order valence-electron chi connectivity index (χ4n) is 8.38. The molecule has 1 spiro atoms. The number of amidine groups is 1. The Morgan fingerprint density at radius 3 is 2.47 bits per heavy atom. The monoisotopic (exact) mass is 726 g/mol. The summed E-state index contributed by atoms with van der Waals surface area (Å²) in [7, 11) is 0. The minimum atomic E-state index is -0.895. The summed E-state index contributed by atoms with van der Waals surface area (Å²) in [6, 6.07) is 7.21. The van der Waals surface area contributed by atoms with Crippen LogP contribution in [0.1, 0.15) is 83.9 Å². The number of piperazine rings is 1. The highest BCUT2D eigenvalue weighted by Crippen LogP contribution is 2.56. The van der Waals surface area contributed by atoms with Crippen molar-refractivity contribution in [2.45, 2.75) is 95.9 Å². The smallest absolute Gasteiger partial charge is 0.263 e. The van der Waals surface area contributed by atoms with Crippen LogP contribution in [0.2, 0.25) is 10.2 Å². The van der Waals surface area contributed by atoms with Crippen molar-refractivity contribution in [3.8, 4) is 0 Å². The van der Waals surface area contributed by atoms with Crippen molar-refractivity contribution in [3.05, 3.63) is 74.3 Å². The van der Waals surface area contributed by atoms with E-state index in [4.69, 9.17) is 28.2 Å². The second kappa shape index (κ2) is 12.6. The summed E-state index contributed by atoms with van der Waals surface area (Å²) >= 11 is 13.6. The summed E-state index contributed by atoms with van der Waals surface area (Å²) < 4.78 is 15.1. The number of allylic oxidation sites excluding steroid dienone is 1. The highest BCUT2D eigenvalue weighted by Gasteiger charge is 2.57. The van der Waals surface area contributed by atoms with Gasteiger partial charge in [0.15, 0.2) is 5.17 Å². The predicted octanol–water partition coefficient (Wildman–Crippen LogP) is 6.76. The Labute approximate surface area is 300 Å². The maximum absolute atomic E-state index is 15.1. The van der Waals surface area contributed by atoms with Gasteiger partial charge in [-0.3, -0.25) is 14.4 Å². The number of carbonyl (C=O) groups excluding carboxylic acids is 3. The number of pyridine rings is 1. The molecule has 9 nitrogen and oxygen atoms in total. The molecule has 2 saturated heterocycles. The van der Waals surface area contributed by atoms with Gasteiger partial charge < -0.3 is 19.6 Å². The molecular formula is C36H41Cl2FN6O3S. The Balaban J connectivity index is 1.25. The van der Waals surface area contributed by atoms with Gasteiger partial charge >= 0.3 is 0 Å². The SMILES string of the molecule is CC[C@@H]1CC[C@@H](C(=O)N2CCN(C(C)=O)C3(CC3)C2)N1C(=O)C1=C(C(C)C)N2C(=N[C@@](C)(c3ccc(Cl)nc3)[C@H]2c2ccc(Cl)c(F)c2)S1. The van der Waals surface area contributed by atoms with Crippen LogP contribution >= 0.6 is 35.0 Å². The van der Waals surface area contributed by atoms with Gasteiger partial charge in [0.05, 0.1) is 16.6 Å². The van der Waals surface area contributed by atoms with Crippen LogP contribution in [-0.2, 0) is 19.9 Å². The molecule has 2 aromatic rings. The number of hydrogen-bond acceptors (Lipinski definition) is 7. The first-order chi connectivity index (χ1) is 23.3. The highest BCUT2D eigenvalue weighted by molar-refractivity contribution is 8.18. The molecule has 13 heteroatoms. The zero-order chi connectivity index (χ0) is 35.0. The second-order valence-electron chi connectivity index (χ2n) is 14.4. The van der Waals surface area contributed by atoms with Crippen LogP contribution in [-0.4, -0.2) is 84.7 Å². The van der Waals surface area contributed by atoms with Crippen molar-refractivity contribution in [2.75, 3.05) is 19.6 Å². The molecule has 7 rings (SSSR count). The third kappa shape index (κ3) is 5.64. The number of benzene rings is 1. The molecule has 3 amide bonds. The number of hydrogen-bond donors (Lipinski definition) is 0. The van der Waals surface area contributed by atoms with Crippen molar-refractivity contribution in [2.24, 2.45) is 10.9 Å². The van der Waals surface area contributed by atoms with Gasteiger partial charge in [0.2, 0.25) is 11.8 Å². The molecule has 4 atom stereocenters. The molecule has 1 aromatic heterocycles. The van der Waals surface area contributed by atoms with E-state index < -0.39 is 23.4 Å². The lowest BCUT2D eigenvalue weighted by Gasteiger charge is -2.43. The average Bonchev–Trinajstić information content (AvgIpc) is 3.39. The summed E-state index contributed by atoms with van der Waals surface area (Å²) in [5.41, 5.74) is 1.08. The van der Waals surface area contributed by atoms with Gasteiger partial charge in [-0.2, -0.15) is 0 Å². The summed E-state index contributed by atoms with van der Waals surface area (Å²) in [5.74, 6) is -0.803. The molecule has 4 aliphatic heterocycles. The van der Waals surface area contributed by atoms with Crippen LogP contribution in [0.4, 0.5) is 4.39 Å². The molecule has 0 bridgehead atoms. The quantitative estimate of drug-likeness (QED) is 0.306. The van der Waals surface area contributed by atoms with E-state index in [0.717, 1.165) is 36.9 Å². The van der Waals surface area contributed by atoms with Crippen molar-refractivity contribution < 1.29 is 18.8 Å². The number of likely N-dealkylation sites (tertiary alicyclic amines) is 1. The minimum absolute atomic E-state index is 0.0229. The van der Waals surface area contributed by atoms with Crippen LogP contribution in [0.15, 0.2) is 52.1 Å². The lowest BCUT2D eigenvalue weighted by Crippen LogP contribution is -2.60. The molecule has 1 aromatic carbocycles. The Morgan fingerprint density at radius 2 is 1.86 bits per heavy atom. The number of nitrogens with zero attached hydrogens (tertiary/aromatic N) is 6. The summed E-state index contributed by atoms with van der Waals surface area (Å²) in [6.45, 7) is 11.2. The van der Waals surface area contributed by atoms with Crippen LogP contribution in [0.5, 0.6) is 0 Å². The molecule has 260 valence electrons. The Morgan fingerprint density at radius 1 is 1.10 bits per heavy atom. The topological polar surface area (TPSA) is 89.4 Å². The van der Waals surface area contributed by atoms with E-state index in [1.165, 1.54) is 17.8 Å². The van der Waals surface area contributed by atoms with Crippen molar-refractivity contribution in [3.63, 3.8) is 0 Å². The minimum Gasteiger partial charge on any atom is -0.337 e. The molecule has 0 N–H and O–H groups in total. The predicted molar refractivity (Wildman–Crippen MR) is 189 cm³/mol. The number of rotatable bonds is 6. The first-order valence-corrected chi connectivity index (χ1v) is 18.6. The maximum atomic E-state index is 15.1. The zero-order valence-corrected chi connectivity index (χ0v) is 30.7. The summed E-state index contributed by atoms with van der Waals surface area (Å²) in [6.07, 6.45) is 5.54. The number of fused-ring (bicyclic) bond motifs is 1. The van der Waals surface area contributed by atoms with Gasteiger partial charge in [0, 0.05) is 50.1 Å². The number of thioether (sulfide) groups is 1. The van der Waals surface area contributed by atoms with Crippen molar-refractivity contribution >= 4 is 57.9 Å². The number of halogens is 3. The van der Waals surface area contributed by atoms with Gasteiger partial charge in [-0.25, -0.2) is 14.4 Å². The molecular weight excluding hydrogens is 686 g/mol. The van der Waals surface area contributed by atoms with Crippen LogP contribution in [0.3, 0.4) is 0 Å². The summed E-state index contributed by atoms with van der Waals surface area (Å²) in [5, 5.41) is 1.01. The molecule has 5 aliphatic rings. The first kappa shape index (κ1) is 34.3. The highest BCUT2D eigenvalue weighted by atomic mass is 35.5. The van der Waals surface area contributed by atoms with Crippen molar-refractivity contribution in [1.29, 1.82) is 0 Å². The van der Waals surface area contributed by atoms with Crippen LogP contribution in [0.25, 0.3) is 0 Å². The lowest BCUT2D eigenvalue weighted by molar-refractivity contribution is -0.148. The van der Waals surface area contributed by atoms with E-state index in [0.29, 0.717) is 46.8 Å². The molecule has 3 fully saturated rings. The van der Waals surface area contributed by atoms with Gasteiger partial charge in [-0.15, -0.1) is 0 Å². The standard InChI is InChI=1S/C36H41Cl2FN6O3S/c1-6-24-9-11-27(32(47)42-15-16-43(21(4)46)36(19-42)13-14-36)44(24)33(48)30-29(20(2)3)45-31(22-7-10-25(37)26(39)17-22)35(5,41-34(45)49-30)23-8-12-28(38)40-18-23/h7-8,10,12,17-18,20,24,27,31H,6,9,11,13-16,19H2,1-5H3/t24-,27+,31-,35+/m1/s1. The molecule has 0 radical (unpaired) electrons. The first-order valence-electron chi connectivity index (χ1n) is 17.1. The largest absolute Gasteiger partial charge is 0.337 e. The van der Waals surface area contributed by atoms with Gasteiger partial charge in [0.1, 0.15) is 27.5 Å². The van der Waals surface area contributed by atoms with Crippen LogP contribution in [0, 0.1) is 11.7 Å². The van der Waals surface area contributed by atoms with E-state index in [9.17, 15) is 14.4 Å². The third-order valence-electron chi connectivity index (χ3n) is 11.0. The van der Waals surface area contributed by atoms with Crippen LogP contribution < -0.4 is 0 Å². The Hall–Kier alpha value is -3.15. The fourth-order valence-corrected chi connectivity index (χ4v) is 9.96. The van der Waals surface area contributed by atoms with E-state index in [1.54, 1.807) is 31.3 Å². The van der Waals surface area contributed by atoms with Gasteiger partial charge in [-0.05, 0) is 80.5 Å². The summed E-state index contributed by atoms with van der Waals surface area (Å²) in [4.78, 5) is 59.3. The number of aromatic nitrogens is 1. The van der Waals surface area contributed by atoms with Crippen molar-refractivity contribution in [1.82, 2.24) is 24.6 Å².